The third-order valence-electron chi connectivity index (χ3n) is 5.07. The maximum atomic E-state index is 12.7. The number of para-hydroxylation sites is 1. The van der Waals surface area contributed by atoms with E-state index in [1.54, 1.807) is 24.3 Å². The smallest absolute Gasteiger partial charge is 0.288 e. The molecule has 30 heavy (non-hydrogen) atoms. The highest BCUT2D eigenvalue weighted by Crippen LogP contribution is 2.31. The number of rotatable bonds is 7. The topological polar surface area (TPSA) is 52.7 Å². The van der Waals surface area contributed by atoms with Crippen molar-refractivity contribution in [1.82, 2.24) is 9.80 Å². The zero-order chi connectivity index (χ0) is 21.5. The van der Waals surface area contributed by atoms with E-state index in [0.29, 0.717) is 54.9 Å². The van der Waals surface area contributed by atoms with E-state index in [4.69, 9.17) is 0 Å². The summed E-state index contributed by atoms with van der Waals surface area (Å²) < 4.78 is 25.4. The van der Waals surface area contributed by atoms with E-state index >= 15 is 0 Å². The SMILES string of the molecule is Cc1ccccc1CC(=O)N1CCN(CC(=O)Nc2ccccc2SC(F)F)CC1. The Morgan fingerprint density at radius 3 is 2.40 bits per heavy atom. The summed E-state index contributed by atoms with van der Waals surface area (Å²) in [4.78, 5) is 29.1. The minimum atomic E-state index is -2.55. The molecule has 1 fully saturated rings. The van der Waals surface area contributed by atoms with Crippen molar-refractivity contribution < 1.29 is 18.4 Å². The molecule has 1 saturated heterocycles. The van der Waals surface area contributed by atoms with Crippen LogP contribution < -0.4 is 5.32 Å². The summed E-state index contributed by atoms with van der Waals surface area (Å²) in [6.45, 7) is 4.48. The van der Waals surface area contributed by atoms with Crippen LogP contribution in [0.25, 0.3) is 0 Å². The molecule has 3 rings (SSSR count). The fourth-order valence-electron chi connectivity index (χ4n) is 3.40. The number of carbonyl (C=O) groups is 2. The molecule has 1 aliphatic rings. The van der Waals surface area contributed by atoms with Crippen molar-refractivity contribution in [2.75, 3.05) is 38.0 Å². The highest BCUT2D eigenvalue weighted by Gasteiger charge is 2.23. The van der Waals surface area contributed by atoms with Crippen molar-refractivity contribution in [3.63, 3.8) is 0 Å². The van der Waals surface area contributed by atoms with Crippen molar-refractivity contribution >= 4 is 29.3 Å². The zero-order valence-corrected chi connectivity index (χ0v) is 17.6. The van der Waals surface area contributed by atoms with Crippen LogP contribution in [0.15, 0.2) is 53.4 Å². The van der Waals surface area contributed by atoms with E-state index in [9.17, 15) is 18.4 Å². The summed E-state index contributed by atoms with van der Waals surface area (Å²) in [7, 11) is 0. The third-order valence-corrected chi connectivity index (χ3v) is 5.86. The molecule has 1 heterocycles. The number of nitrogens with zero attached hydrogens (tertiary/aromatic N) is 2. The second-order valence-electron chi connectivity index (χ2n) is 7.18. The quantitative estimate of drug-likeness (QED) is 0.678. The van der Waals surface area contributed by atoms with Gasteiger partial charge in [-0.25, -0.2) is 0 Å². The van der Waals surface area contributed by atoms with Crippen molar-refractivity contribution in [2.45, 2.75) is 24.0 Å². The molecular formula is C22H25F2N3O2S. The fourth-order valence-corrected chi connectivity index (χ4v) is 4.00. The van der Waals surface area contributed by atoms with Gasteiger partial charge in [-0.1, -0.05) is 48.2 Å². The Hall–Kier alpha value is -2.45. The molecule has 0 saturated carbocycles. The number of hydrogen-bond acceptors (Lipinski definition) is 4. The summed E-state index contributed by atoms with van der Waals surface area (Å²) in [5, 5.41) is 2.72. The van der Waals surface area contributed by atoms with Gasteiger partial charge in [0.2, 0.25) is 11.8 Å². The van der Waals surface area contributed by atoms with Gasteiger partial charge in [0.25, 0.3) is 5.76 Å². The summed E-state index contributed by atoms with van der Waals surface area (Å²) in [5.41, 5.74) is 2.52. The van der Waals surface area contributed by atoms with Gasteiger partial charge < -0.3 is 10.2 Å². The Morgan fingerprint density at radius 1 is 1.03 bits per heavy atom. The molecule has 0 radical (unpaired) electrons. The van der Waals surface area contributed by atoms with Crippen molar-refractivity contribution in [3.05, 3.63) is 59.7 Å². The molecule has 160 valence electrons. The number of piperazine rings is 1. The molecule has 1 aliphatic heterocycles. The number of nitrogens with one attached hydrogen (secondary N) is 1. The van der Waals surface area contributed by atoms with Crippen molar-refractivity contribution in [2.24, 2.45) is 0 Å². The minimum absolute atomic E-state index is 0.0892. The molecule has 0 unspecified atom stereocenters. The Morgan fingerprint density at radius 2 is 1.70 bits per heavy atom. The normalized spacial score (nSPS) is 14.7. The molecule has 8 heteroatoms. The molecule has 0 spiro atoms. The summed E-state index contributed by atoms with van der Waals surface area (Å²) in [5.74, 6) is -2.71. The van der Waals surface area contributed by atoms with E-state index in [2.05, 4.69) is 5.32 Å². The number of thioether (sulfide) groups is 1. The number of alkyl halides is 2. The van der Waals surface area contributed by atoms with Crippen LogP contribution in [0.1, 0.15) is 11.1 Å². The molecular weight excluding hydrogens is 408 g/mol. The third kappa shape index (κ3) is 6.27. The Bertz CT molecular complexity index is 886. The van der Waals surface area contributed by atoms with Gasteiger partial charge in [0.15, 0.2) is 0 Å². The van der Waals surface area contributed by atoms with E-state index in [-0.39, 0.29) is 18.4 Å². The van der Waals surface area contributed by atoms with E-state index in [1.807, 2.05) is 41.0 Å². The van der Waals surface area contributed by atoms with Crippen LogP contribution in [0.3, 0.4) is 0 Å². The van der Waals surface area contributed by atoms with Crippen molar-refractivity contribution in [3.8, 4) is 0 Å². The van der Waals surface area contributed by atoms with Gasteiger partial charge in [0.05, 0.1) is 18.7 Å². The molecule has 1 N–H and O–H groups in total. The Labute approximate surface area is 179 Å². The molecule has 2 amide bonds. The first-order chi connectivity index (χ1) is 14.4. The van der Waals surface area contributed by atoms with Gasteiger partial charge in [0.1, 0.15) is 0 Å². The Kier molecular flexibility index (Phi) is 7.81. The molecule has 0 aromatic heterocycles. The van der Waals surface area contributed by atoms with Gasteiger partial charge in [-0.15, -0.1) is 0 Å². The first kappa shape index (κ1) is 22.2. The van der Waals surface area contributed by atoms with Crippen LogP contribution in [-0.4, -0.2) is 60.1 Å². The number of anilines is 1. The molecule has 5 nitrogen and oxygen atoms in total. The number of amides is 2. The molecule has 2 aromatic rings. The maximum absolute atomic E-state index is 12.7. The van der Waals surface area contributed by atoms with E-state index in [1.165, 1.54) is 0 Å². The number of hydrogen-bond donors (Lipinski definition) is 1. The zero-order valence-electron chi connectivity index (χ0n) is 16.8. The molecule has 0 bridgehead atoms. The Balaban J connectivity index is 1.47. The van der Waals surface area contributed by atoms with Crippen LogP contribution in [0.2, 0.25) is 0 Å². The lowest BCUT2D eigenvalue weighted by Gasteiger charge is -2.34. The second kappa shape index (κ2) is 10.5. The van der Waals surface area contributed by atoms with Gasteiger partial charge in [-0.3, -0.25) is 14.5 Å². The van der Waals surface area contributed by atoms with Crippen LogP contribution in [0, 0.1) is 6.92 Å². The van der Waals surface area contributed by atoms with Gasteiger partial charge >= 0.3 is 0 Å². The van der Waals surface area contributed by atoms with Crippen molar-refractivity contribution in [1.29, 1.82) is 0 Å². The largest absolute Gasteiger partial charge is 0.340 e. The fraction of sp³-hybridized carbons (Fsp3) is 0.364. The maximum Gasteiger partial charge on any atom is 0.288 e. The van der Waals surface area contributed by atoms with Crippen LogP contribution in [-0.2, 0) is 16.0 Å². The highest BCUT2D eigenvalue weighted by atomic mass is 32.2. The first-order valence-electron chi connectivity index (χ1n) is 9.80. The molecule has 0 aliphatic carbocycles. The van der Waals surface area contributed by atoms with Gasteiger partial charge in [-0.2, -0.15) is 8.78 Å². The predicted molar refractivity (Wildman–Crippen MR) is 115 cm³/mol. The monoisotopic (exact) mass is 433 g/mol. The predicted octanol–water partition coefficient (Wildman–Crippen LogP) is 3.64. The number of halogens is 2. The van der Waals surface area contributed by atoms with Crippen LogP contribution >= 0.6 is 11.8 Å². The highest BCUT2D eigenvalue weighted by molar-refractivity contribution is 7.99. The average molecular weight is 434 g/mol. The lowest BCUT2D eigenvalue weighted by atomic mass is 10.1. The standard InChI is InChI=1S/C22H25F2N3O2S/c1-16-6-2-3-7-17(16)14-21(29)27-12-10-26(11-13-27)15-20(28)25-18-8-4-5-9-19(18)30-22(23)24/h2-9,22H,10-15H2,1H3,(H,25,28). The summed E-state index contributed by atoms with van der Waals surface area (Å²) >= 11 is 0.412. The van der Waals surface area contributed by atoms with Gasteiger partial charge in [-0.05, 0) is 30.2 Å². The lowest BCUT2D eigenvalue weighted by molar-refractivity contribution is -0.132. The number of carbonyl (C=O) groups excluding carboxylic acids is 2. The van der Waals surface area contributed by atoms with E-state index in [0.717, 1.165) is 11.1 Å². The van der Waals surface area contributed by atoms with Gasteiger partial charge in [0, 0.05) is 31.1 Å². The average Bonchev–Trinajstić information content (AvgIpc) is 2.71. The lowest BCUT2D eigenvalue weighted by Crippen LogP contribution is -2.50. The van der Waals surface area contributed by atoms with Crippen LogP contribution in [0.5, 0.6) is 0 Å². The number of benzene rings is 2. The second-order valence-corrected chi connectivity index (χ2v) is 8.21. The molecule has 0 atom stereocenters. The van der Waals surface area contributed by atoms with Crippen LogP contribution in [0.4, 0.5) is 14.5 Å². The number of aryl methyl sites for hydroxylation is 1. The van der Waals surface area contributed by atoms with E-state index < -0.39 is 5.76 Å². The summed E-state index contributed by atoms with van der Waals surface area (Å²) in [6.07, 6.45) is 0.381. The first-order valence-corrected chi connectivity index (χ1v) is 10.7. The summed E-state index contributed by atoms with van der Waals surface area (Å²) in [6, 6.07) is 14.4. The molecule has 2 aromatic carbocycles. The minimum Gasteiger partial charge on any atom is -0.340 e.